The molecular weight excluding hydrogens is 305 g/mol. The lowest BCUT2D eigenvalue weighted by molar-refractivity contribution is 0.0593. The third kappa shape index (κ3) is 3.69. The number of nitrogens with zero attached hydrogens (tertiary/aromatic N) is 1. The van der Waals surface area contributed by atoms with Crippen LogP contribution in [-0.2, 0) is 17.6 Å². The van der Waals surface area contributed by atoms with Crippen molar-refractivity contribution in [3.8, 4) is 0 Å². The third-order valence-electron chi connectivity index (χ3n) is 2.58. The van der Waals surface area contributed by atoms with Gasteiger partial charge < -0.3 is 4.74 Å². The van der Waals surface area contributed by atoms with Crippen molar-refractivity contribution in [2.75, 3.05) is 7.11 Å². The van der Waals surface area contributed by atoms with Gasteiger partial charge in [-0.25, -0.2) is 9.78 Å². The fraction of sp³-hybridized carbons (Fsp3) is 0.231. The maximum atomic E-state index is 11.6. The molecule has 0 saturated heterocycles. The minimum absolute atomic E-state index is 0.305. The molecule has 0 N–H and O–H groups in total. The second-order valence-electron chi connectivity index (χ2n) is 3.86. The zero-order valence-corrected chi connectivity index (χ0v) is 12.5. The molecule has 0 saturated carbocycles. The van der Waals surface area contributed by atoms with Crippen molar-refractivity contribution in [2.45, 2.75) is 12.8 Å². The quantitative estimate of drug-likeness (QED) is 0.800. The number of esters is 1. The molecule has 1 heterocycles. The molecule has 1 aromatic heterocycles. The Morgan fingerprint density at radius 3 is 2.84 bits per heavy atom. The Balaban J connectivity index is 2.13. The SMILES string of the molecule is COC(=O)c1nc(Cl)sc1CCc1cccc(Cl)c1. The fourth-order valence-corrected chi connectivity index (χ4v) is 3.05. The highest BCUT2D eigenvalue weighted by Crippen LogP contribution is 2.25. The van der Waals surface area contributed by atoms with E-state index in [-0.39, 0.29) is 0 Å². The second kappa shape index (κ2) is 6.37. The van der Waals surface area contributed by atoms with Gasteiger partial charge in [0.25, 0.3) is 0 Å². The van der Waals surface area contributed by atoms with Crippen LogP contribution < -0.4 is 0 Å². The van der Waals surface area contributed by atoms with Crippen LogP contribution in [0.5, 0.6) is 0 Å². The minimum Gasteiger partial charge on any atom is -0.464 e. The van der Waals surface area contributed by atoms with Crippen molar-refractivity contribution in [1.82, 2.24) is 4.98 Å². The van der Waals surface area contributed by atoms with Crippen molar-refractivity contribution < 1.29 is 9.53 Å². The van der Waals surface area contributed by atoms with Crippen LogP contribution in [0, 0.1) is 0 Å². The van der Waals surface area contributed by atoms with Gasteiger partial charge in [0.1, 0.15) is 0 Å². The summed E-state index contributed by atoms with van der Waals surface area (Å²) in [4.78, 5) is 16.4. The molecule has 0 aliphatic rings. The number of halogens is 2. The summed E-state index contributed by atoms with van der Waals surface area (Å²) in [6.07, 6.45) is 1.44. The van der Waals surface area contributed by atoms with Crippen LogP contribution in [0.3, 0.4) is 0 Å². The maximum absolute atomic E-state index is 11.6. The number of hydrogen-bond acceptors (Lipinski definition) is 4. The van der Waals surface area contributed by atoms with Gasteiger partial charge in [-0.1, -0.05) is 35.3 Å². The number of carbonyl (C=O) groups is 1. The summed E-state index contributed by atoms with van der Waals surface area (Å²) in [6, 6.07) is 7.63. The number of benzene rings is 1. The molecular formula is C13H11Cl2NO2S. The van der Waals surface area contributed by atoms with Gasteiger partial charge in [-0.15, -0.1) is 11.3 Å². The van der Waals surface area contributed by atoms with Crippen LogP contribution in [0.25, 0.3) is 0 Å². The van der Waals surface area contributed by atoms with Crippen molar-refractivity contribution in [3.05, 3.63) is 49.9 Å². The minimum atomic E-state index is -0.454. The van der Waals surface area contributed by atoms with Crippen LogP contribution in [0.1, 0.15) is 20.9 Å². The van der Waals surface area contributed by atoms with Crippen LogP contribution in [0.4, 0.5) is 0 Å². The predicted octanol–water partition coefficient (Wildman–Crippen LogP) is 4.02. The fourth-order valence-electron chi connectivity index (χ4n) is 1.70. The number of ether oxygens (including phenoxy) is 1. The van der Waals surface area contributed by atoms with Crippen molar-refractivity contribution >= 4 is 40.5 Å². The van der Waals surface area contributed by atoms with Gasteiger partial charge in [0.05, 0.1) is 7.11 Å². The summed E-state index contributed by atoms with van der Waals surface area (Å²) >= 11 is 13.1. The highest BCUT2D eigenvalue weighted by molar-refractivity contribution is 7.16. The zero-order valence-electron chi connectivity index (χ0n) is 10.2. The molecule has 3 nitrogen and oxygen atoms in total. The number of thiazole rings is 1. The lowest BCUT2D eigenvalue weighted by atomic mass is 10.1. The summed E-state index contributed by atoms with van der Waals surface area (Å²) < 4.78 is 5.04. The van der Waals surface area contributed by atoms with Crippen molar-refractivity contribution in [3.63, 3.8) is 0 Å². The maximum Gasteiger partial charge on any atom is 0.357 e. The number of methoxy groups -OCH3 is 1. The van der Waals surface area contributed by atoms with E-state index in [4.69, 9.17) is 23.2 Å². The first-order valence-corrected chi connectivity index (χ1v) is 7.15. The lowest BCUT2D eigenvalue weighted by Crippen LogP contribution is -2.05. The Labute approximate surface area is 125 Å². The van der Waals surface area contributed by atoms with Gasteiger partial charge in [0.2, 0.25) is 0 Å². The molecule has 0 amide bonds. The first kappa shape index (κ1) is 14.3. The summed E-state index contributed by atoms with van der Waals surface area (Å²) in [6.45, 7) is 0. The Kier molecular flexibility index (Phi) is 4.80. The Morgan fingerprint density at radius 2 is 2.16 bits per heavy atom. The van der Waals surface area contributed by atoms with E-state index in [1.165, 1.54) is 18.4 Å². The van der Waals surface area contributed by atoms with E-state index in [9.17, 15) is 4.79 Å². The van der Waals surface area contributed by atoms with Crippen molar-refractivity contribution in [2.24, 2.45) is 0 Å². The summed E-state index contributed by atoms with van der Waals surface area (Å²) in [5.41, 5.74) is 1.41. The molecule has 0 fully saturated rings. The van der Waals surface area contributed by atoms with Crippen molar-refractivity contribution in [1.29, 1.82) is 0 Å². The van der Waals surface area contributed by atoms with E-state index in [2.05, 4.69) is 9.72 Å². The number of rotatable bonds is 4. The molecule has 1 aromatic carbocycles. The van der Waals surface area contributed by atoms with Crippen LogP contribution in [0.2, 0.25) is 9.49 Å². The zero-order chi connectivity index (χ0) is 13.8. The molecule has 6 heteroatoms. The molecule has 19 heavy (non-hydrogen) atoms. The largest absolute Gasteiger partial charge is 0.464 e. The summed E-state index contributed by atoms with van der Waals surface area (Å²) in [5, 5.41) is 0.702. The summed E-state index contributed by atoms with van der Waals surface area (Å²) in [5.74, 6) is -0.454. The van der Waals surface area contributed by atoms with Gasteiger partial charge in [-0.3, -0.25) is 0 Å². The first-order chi connectivity index (χ1) is 9.10. The number of carbonyl (C=O) groups excluding carboxylic acids is 1. The van der Waals surface area contributed by atoms with Gasteiger partial charge in [-0.05, 0) is 30.5 Å². The Bertz CT molecular complexity index is 598. The van der Waals surface area contributed by atoms with E-state index in [0.29, 0.717) is 21.6 Å². The normalized spacial score (nSPS) is 10.5. The summed E-state index contributed by atoms with van der Waals surface area (Å²) in [7, 11) is 1.33. The molecule has 0 unspecified atom stereocenters. The smallest absolute Gasteiger partial charge is 0.357 e. The van der Waals surface area contributed by atoms with Crippen LogP contribution in [-0.4, -0.2) is 18.1 Å². The second-order valence-corrected chi connectivity index (χ2v) is 5.96. The van der Waals surface area contributed by atoms with Gasteiger partial charge >= 0.3 is 5.97 Å². The molecule has 2 rings (SSSR count). The van der Waals surface area contributed by atoms with Crippen LogP contribution in [0.15, 0.2) is 24.3 Å². The number of aromatic nitrogens is 1. The Morgan fingerprint density at radius 1 is 1.37 bits per heavy atom. The molecule has 2 aromatic rings. The van der Waals surface area contributed by atoms with E-state index in [1.54, 1.807) is 0 Å². The molecule has 0 bridgehead atoms. The third-order valence-corrected chi connectivity index (χ3v) is 4.03. The van der Waals surface area contributed by atoms with Crippen LogP contribution >= 0.6 is 34.5 Å². The topological polar surface area (TPSA) is 39.2 Å². The highest BCUT2D eigenvalue weighted by atomic mass is 35.5. The Hall–Kier alpha value is -1.10. The first-order valence-electron chi connectivity index (χ1n) is 5.58. The molecule has 0 radical (unpaired) electrons. The molecule has 0 spiro atoms. The number of hydrogen-bond donors (Lipinski definition) is 0. The lowest BCUT2D eigenvalue weighted by Gasteiger charge is -2.02. The predicted molar refractivity (Wildman–Crippen MR) is 77.3 cm³/mol. The molecule has 0 atom stereocenters. The molecule has 0 aliphatic heterocycles. The monoisotopic (exact) mass is 315 g/mol. The highest BCUT2D eigenvalue weighted by Gasteiger charge is 2.17. The van der Waals surface area contributed by atoms with E-state index in [1.807, 2.05) is 24.3 Å². The average Bonchev–Trinajstić information content (AvgIpc) is 2.77. The number of aryl methyl sites for hydroxylation is 2. The van der Waals surface area contributed by atoms with Gasteiger partial charge in [-0.2, -0.15) is 0 Å². The van der Waals surface area contributed by atoms with Gasteiger partial charge in [0.15, 0.2) is 10.2 Å². The van der Waals surface area contributed by atoms with E-state index < -0.39 is 5.97 Å². The van der Waals surface area contributed by atoms with Gasteiger partial charge in [0, 0.05) is 9.90 Å². The molecule has 0 aliphatic carbocycles. The molecule has 100 valence electrons. The standard InChI is InChI=1S/C13H11Cl2NO2S/c1-18-12(17)11-10(19-13(15)16-11)6-5-8-3-2-4-9(14)7-8/h2-4,7H,5-6H2,1H3. The van der Waals surface area contributed by atoms with E-state index in [0.717, 1.165) is 16.9 Å². The average molecular weight is 316 g/mol. The van der Waals surface area contributed by atoms with E-state index >= 15 is 0 Å².